The van der Waals surface area contributed by atoms with Crippen LogP contribution in [0.15, 0.2) is 46.9 Å². The molecule has 22 heavy (non-hydrogen) atoms. The molecule has 0 saturated heterocycles. The van der Waals surface area contributed by atoms with E-state index < -0.39 is 0 Å². The molecule has 2 heteroatoms. The van der Waals surface area contributed by atoms with Gasteiger partial charge in [0.1, 0.15) is 11.3 Å². The second-order valence-electron chi connectivity index (χ2n) is 5.30. The molecule has 2 aromatic carbocycles. The molecule has 0 saturated carbocycles. The second-order valence-corrected chi connectivity index (χ2v) is 6.38. The van der Waals surface area contributed by atoms with E-state index in [0.717, 1.165) is 24.2 Å². The van der Waals surface area contributed by atoms with Crippen molar-refractivity contribution in [3.8, 4) is 0 Å². The molecule has 4 aromatic rings. The summed E-state index contributed by atoms with van der Waals surface area (Å²) >= 11 is 1.84. The largest absolute Gasteiger partial charge is 0.456 e. The van der Waals surface area contributed by atoms with E-state index in [1.54, 1.807) is 0 Å². The van der Waals surface area contributed by atoms with Gasteiger partial charge < -0.3 is 4.42 Å². The normalized spacial score (nSPS) is 13.4. The molecule has 1 nitrogen and oxygen atoms in total. The van der Waals surface area contributed by atoms with Crippen molar-refractivity contribution in [2.45, 2.75) is 26.7 Å². The summed E-state index contributed by atoms with van der Waals surface area (Å²) in [4.78, 5) is 0. The first kappa shape index (κ1) is 13.6. The van der Waals surface area contributed by atoms with Crippen molar-refractivity contribution < 1.29 is 4.42 Å². The van der Waals surface area contributed by atoms with Crippen molar-refractivity contribution in [3.05, 3.63) is 53.8 Å². The van der Waals surface area contributed by atoms with Crippen LogP contribution >= 0.6 is 11.3 Å². The Balaban J connectivity index is 0.000000602. The predicted molar refractivity (Wildman–Crippen MR) is 97.8 cm³/mol. The Morgan fingerprint density at radius 3 is 2.73 bits per heavy atom. The fraction of sp³-hybridized carbons (Fsp3) is 0.200. The van der Waals surface area contributed by atoms with Gasteiger partial charge in [-0.25, -0.2) is 0 Å². The number of fused-ring (bicyclic) bond motifs is 7. The minimum absolute atomic E-state index is 1.05. The quantitative estimate of drug-likeness (QED) is 0.349. The molecule has 0 unspecified atom stereocenters. The lowest BCUT2D eigenvalue weighted by molar-refractivity contribution is 0.598. The molecular weight excluding hydrogens is 288 g/mol. The lowest BCUT2D eigenvalue weighted by Crippen LogP contribution is -1.88. The zero-order valence-corrected chi connectivity index (χ0v) is 13.7. The van der Waals surface area contributed by atoms with Gasteiger partial charge in [-0.05, 0) is 37.1 Å². The number of rotatable bonds is 0. The fourth-order valence-electron chi connectivity index (χ4n) is 3.24. The van der Waals surface area contributed by atoms with E-state index in [1.807, 2.05) is 25.2 Å². The lowest BCUT2D eigenvalue weighted by Gasteiger charge is -2.01. The first-order valence-electron chi connectivity index (χ1n) is 7.94. The van der Waals surface area contributed by atoms with Crippen molar-refractivity contribution in [1.82, 2.24) is 0 Å². The van der Waals surface area contributed by atoms with Crippen molar-refractivity contribution >= 4 is 48.6 Å². The second kappa shape index (κ2) is 5.29. The summed E-state index contributed by atoms with van der Waals surface area (Å²) < 4.78 is 8.84. The van der Waals surface area contributed by atoms with E-state index in [4.69, 9.17) is 4.42 Å². The molecule has 1 aliphatic rings. The zero-order valence-electron chi connectivity index (χ0n) is 12.8. The molecule has 0 spiro atoms. The van der Waals surface area contributed by atoms with Gasteiger partial charge >= 0.3 is 0 Å². The van der Waals surface area contributed by atoms with Gasteiger partial charge in [0.15, 0.2) is 0 Å². The van der Waals surface area contributed by atoms with Gasteiger partial charge in [0.05, 0.1) is 0 Å². The molecule has 0 amide bonds. The third-order valence-corrected chi connectivity index (χ3v) is 5.30. The zero-order chi connectivity index (χ0) is 15.1. The van der Waals surface area contributed by atoms with Gasteiger partial charge in [-0.3, -0.25) is 0 Å². The summed E-state index contributed by atoms with van der Waals surface area (Å²) in [7, 11) is 0. The number of hydrogen-bond acceptors (Lipinski definition) is 2. The molecule has 0 fully saturated rings. The van der Waals surface area contributed by atoms with E-state index in [2.05, 4.69) is 48.6 Å². The lowest BCUT2D eigenvalue weighted by atomic mass is 10.00. The Labute approximate surface area is 133 Å². The van der Waals surface area contributed by atoms with Crippen LogP contribution < -0.4 is 0 Å². The van der Waals surface area contributed by atoms with Gasteiger partial charge in [0.2, 0.25) is 0 Å². The van der Waals surface area contributed by atoms with Crippen LogP contribution in [-0.2, 0) is 6.42 Å². The number of allylic oxidation sites excluding steroid dienone is 1. The molecule has 0 N–H and O–H groups in total. The average molecular weight is 306 g/mol. The highest BCUT2D eigenvalue weighted by Crippen LogP contribution is 2.41. The average Bonchev–Trinajstić information content (AvgIpc) is 3.14. The van der Waals surface area contributed by atoms with Crippen LogP contribution in [0.25, 0.3) is 37.2 Å². The topological polar surface area (TPSA) is 13.1 Å². The summed E-state index contributed by atoms with van der Waals surface area (Å²) in [6.07, 6.45) is 6.53. The van der Waals surface area contributed by atoms with E-state index in [1.165, 1.54) is 31.1 Å². The highest BCUT2D eigenvalue weighted by molar-refractivity contribution is 7.26. The highest BCUT2D eigenvalue weighted by atomic mass is 32.1. The Morgan fingerprint density at radius 1 is 0.955 bits per heavy atom. The van der Waals surface area contributed by atoms with Crippen molar-refractivity contribution in [1.29, 1.82) is 0 Å². The molecule has 110 valence electrons. The van der Waals surface area contributed by atoms with Crippen LogP contribution in [0, 0.1) is 0 Å². The first-order valence-corrected chi connectivity index (χ1v) is 8.75. The van der Waals surface area contributed by atoms with Gasteiger partial charge in [-0.15, -0.1) is 11.3 Å². The Bertz CT molecular complexity index is 1000. The number of furan rings is 1. The number of benzene rings is 2. The van der Waals surface area contributed by atoms with Gasteiger partial charge in [0.25, 0.3) is 0 Å². The standard InChI is InChI=1S/C18H12OS.C2H6/c1-3-7-14-11(5-1)12-9-10-16-17(18(12)19-14)13-6-2-4-8-15(13)20-16;1-2/h2-4,6-10H,1,5H2;1-2H3. The van der Waals surface area contributed by atoms with Gasteiger partial charge in [-0.1, -0.05) is 38.1 Å². The van der Waals surface area contributed by atoms with E-state index >= 15 is 0 Å². The number of thiophene rings is 1. The number of aryl methyl sites for hydroxylation is 1. The van der Waals surface area contributed by atoms with Crippen molar-refractivity contribution in [3.63, 3.8) is 0 Å². The highest BCUT2D eigenvalue weighted by Gasteiger charge is 2.18. The van der Waals surface area contributed by atoms with Gasteiger partial charge in [0, 0.05) is 31.1 Å². The third kappa shape index (κ3) is 1.84. The van der Waals surface area contributed by atoms with Crippen LogP contribution in [0.4, 0.5) is 0 Å². The summed E-state index contributed by atoms with van der Waals surface area (Å²) in [5.41, 5.74) is 2.44. The van der Waals surface area contributed by atoms with E-state index in [9.17, 15) is 0 Å². The molecule has 0 bridgehead atoms. The first-order chi connectivity index (χ1) is 10.9. The van der Waals surface area contributed by atoms with E-state index in [-0.39, 0.29) is 0 Å². The molecule has 0 radical (unpaired) electrons. The minimum atomic E-state index is 1.05. The summed E-state index contributed by atoms with van der Waals surface area (Å²) in [5.74, 6) is 1.05. The fourth-order valence-corrected chi connectivity index (χ4v) is 4.35. The van der Waals surface area contributed by atoms with Gasteiger partial charge in [-0.2, -0.15) is 0 Å². The van der Waals surface area contributed by atoms with Crippen LogP contribution in [0.3, 0.4) is 0 Å². The predicted octanol–water partition coefficient (Wildman–Crippen LogP) is 6.79. The van der Waals surface area contributed by atoms with Crippen molar-refractivity contribution in [2.24, 2.45) is 0 Å². The third-order valence-electron chi connectivity index (χ3n) is 4.16. The van der Waals surface area contributed by atoms with Crippen LogP contribution in [0.1, 0.15) is 31.6 Å². The van der Waals surface area contributed by atoms with Crippen LogP contribution in [0.5, 0.6) is 0 Å². The Kier molecular flexibility index (Phi) is 3.27. The molecular formula is C20H18OS. The summed E-state index contributed by atoms with van der Waals surface area (Å²) in [5, 5.41) is 3.89. The summed E-state index contributed by atoms with van der Waals surface area (Å²) in [6.45, 7) is 4.00. The van der Waals surface area contributed by atoms with Crippen LogP contribution in [0.2, 0.25) is 0 Å². The Hall–Kier alpha value is -2.06. The molecule has 0 aliphatic heterocycles. The SMILES string of the molecule is C1=Cc2oc3c(ccc4sc5ccccc5c43)c2CC1.CC. The van der Waals surface area contributed by atoms with E-state index in [0.29, 0.717) is 0 Å². The maximum atomic E-state index is 6.19. The minimum Gasteiger partial charge on any atom is -0.456 e. The maximum Gasteiger partial charge on any atom is 0.144 e. The molecule has 1 aliphatic carbocycles. The summed E-state index contributed by atoms with van der Waals surface area (Å²) in [6, 6.07) is 13.1. The monoisotopic (exact) mass is 306 g/mol. The molecule has 0 atom stereocenters. The smallest absolute Gasteiger partial charge is 0.144 e. The molecule has 2 aromatic heterocycles. The Morgan fingerprint density at radius 2 is 1.82 bits per heavy atom. The van der Waals surface area contributed by atoms with Crippen LogP contribution in [-0.4, -0.2) is 0 Å². The van der Waals surface area contributed by atoms with Crippen molar-refractivity contribution in [2.75, 3.05) is 0 Å². The molecule has 2 heterocycles. The maximum absolute atomic E-state index is 6.19. The molecule has 5 rings (SSSR count). The number of hydrogen-bond donors (Lipinski definition) is 0.